The topological polar surface area (TPSA) is 119 Å². The van der Waals surface area contributed by atoms with Crippen LogP contribution in [0.25, 0.3) is 0 Å². The summed E-state index contributed by atoms with van der Waals surface area (Å²) in [5, 5.41) is 24.5. The van der Waals surface area contributed by atoms with E-state index in [1.165, 1.54) is 13.8 Å². The van der Waals surface area contributed by atoms with E-state index in [1.807, 2.05) is 0 Å². The lowest BCUT2D eigenvalue weighted by atomic mass is 9.41. The number of ether oxygens (including phenoxy) is 3. The zero-order valence-corrected chi connectivity index (χ0v) is 21.0. The van der Waals surface area contributed by atoms with Gasteiger partial charge in [-0.25, -0.2) is 4.79 Å². The number of hydrogen-bond acceptors (Lipinski definition) is 8. The highest BCUT2D eigenvalue weighted by molar-refractivity contribution is 5.85. The molecule has 0 aromatic carbocycles. The highest BCUT2D eigenvalue weighted by atomic mass is 16.5. The average molecular weight is 491 g/mol. The molecule has 4 aliphatic carbocycles. The molecule has 8 nitrogen and oxygen atoms in total. The molecule has 2 N–H and O–H groups in total. The minimum absolute atomic E-state index is 0.0221. The van der Waals surface area contributed by atoms with Crippen molar-refractivity contribution in [2.24, 2.45) is 28.6 Å². The number of carbonyl (C=O) groups excluding carboxylic acids is 3. The summed E-state index contributed by atoms with van der Waals surface area (Å²) >= 11 is 0. The van der Waals surface area contributed by atoms with Crippen molar-refractivity contribution < 1.29 is 38.8 Å². The number of aliphatic hydroxyl groups is 2. The molecule has 35 heavy (non-hydrogen) atoms. The van der Waals surface area contributed by atoms with Crippen LogP contribution in [0.3, 0.4) is 0 Å². The third kappa shape index (κ3) is 3.57. The Bertz CT molecular complexity index is 959. The first-order chi connectivity index (χ1) is 16.4. The number of cyclic esters (lactones) is 1. The van der Waals surface area contributed by atoms with Crippen molar-refractivity contribution in [3.63, 3.8) is 0 Å². The Morgan fingerprint density at radius 2 is 1.77 bits per heavy atom. The number of esters is 3. The monoisotopic (exact) mass is 490 g/mol. The quantitative estimate of drug-likeness (QED) is 0.456. The van der Waals surface area contributed by atoms with E-state index in [9.17, 15) is 24.6 Å². The molecule has 4 fully saturated rings. The van der Waals surface area contributed by atoms with Gasteiger partial charge < -0.3 is 24.4 Å². The summed E-state index contributed by atoms with van der Waals surface area (Å²) in [4.78, 5) is 35.3. The van der Waals surface area contributed by atoms with Crippen molar-refractivity contribution in [3.05, 3.63) is 11.6 Å². The molecular formula is C27H38O8. The van der Waals surface area contributed by atoms with Crippen LogP contribution in [0.4, 0.5) is 0 Å². The molecule has 0 aromatic heterocycles. The Kier molecular flexibility index (Phi) is 5.87. The van der Waals surface area contributed by atoms with Crippen molar-refractivity contribution >= 4 is 17.9 Å². The third-order valence-corrected chi connectivity index (χ3v) is 10.6. The van der Waals surface area contributed by atoms with Crippen molar-refractivity contribution in [2.75, 3.05) is 13.2 Å². The Morgan fingerprint density at radius 3 is 2.43 bits per heavy atom. The molecule has 0 aromatic rings. The SMILES string of the molecule is CC(=O)OC[C@]12CCC(OC(C)=O)CC1(O)CC[C@@H]1[C@@H]2CC[C@]2(C)[C@@H](C3=CC(=O)OC3)CC[C@]12O. The maximum Gasteiger partial charge on any atom is 0.331 e. The molecule has 0 radical (unpaired) electrons. The lowest BCUT2D eigenvalue weighted by Crippen LogP contribution is -2.69. The summed E-state index contributed by atoms with van der Waals surface area (Å²) < 4.78 is 16.3. The van der Waals surface area contributed by atoms with Gasteiger partial charge in [0.05, 0.1) is 17.8 Å². The smallest absolute Gasteiger partial charge is 0.331 e. The molecule has 8 heteroatoms. The molecule has 4 saturated carbocycles. The fourth-order valence-electron chi connectivity index (χ4n) is 9.03. The van der Waals surface area contributed by atoms with Gasteiger partial charge in [0.25, 0.3) is 0 Å². The Labute approximate surface area is 206 Å². The second-order valence-electron chi connectivity index (χ2n) is 12.0. The number of hydrogen-bond donors (Lipinski definition) is 2. The second-order valence-corrected chi connectivity index (χ2v) is 12.0. The van der Waals surface area contributed by atoms with Crippen LogP contribution in [-0.2, 0) is 28.6 Å². The molecule has 1 heterocycles. The summed E-state index contributed by atoms with van der Waals surface area (Å²) in [5.41, 5.74) is -2.18. The van der Waals surface area contributed by atoms with Crippen molar-refractivity contribution in [1.29, 1.82) is 0 Å². The highest BCUT2D eigenvalue weighted by Gasteiger charge is 2.71. The van der Waals surface area contributed by atoms with Gasteiger partial charge in [0, 0.05) is 37.2 Å². The summed E-state index contributed by atoms with van der Waals surface area (Å²) in [6.45, 7) is 5.33. The predicted molar refractivity (Wildman–Crippen MR) is 124 cm³/mol. The second kappa shape index (κ2) is 8.30. The van der Waals surface area contributed by atoms with Gasteiger partial charge in [0.15, 0.2) is 0 Å². The first-order valence-corrected chi connectivity index (χ1v) is 13.1. The first-order valence-electron chi connectivity index (χ1n) is 13.1. The summed E-state index contributed by atoms with van der Waals surface area (Å²) in [5.74, 6) is -1.03. The van der Waals surface area contributed by atoms with E-state index in [1.54, 1.807) is 6.08 Å². The van der Waals surface area contributed by atoms with E-state index in [4.69, 9.17) is 14.2 Å². The molecule has 0 amide bonds. The Morgan fingerprint density at radius 1 is 1.03 bits per heavy atom. The van der Waals surface area contributed by atoms with Crippen LogP contribution >= 0.6 is 0 Å². The fraction of sp³-hybridized carbons (Fsp3) is 0.815. The zero-order valence-electron chi connectivity index (χ0n) is 21.0. The minimum atomic E-state index is -1.14. The van der Waals surface area contributed by atoms with Crippen LogP contribution in [0.15, 0.2) is 11.6 Å². The van der Waals surface area contributed by atoms with Crippen molar-refractivity contribution in [2.45, 2.75) is 95.9 Å². The van der Waals surface area contributed by atoms with E-state index in [0.29, 0.717) is 45.1 Å². The molecule has 2 unspecified atom stereocenters. The molecule has 5 aliphatic rings. The molecule has 0 bridgehead atoms. The van der Waals surface area contributed by atoms with Crippen LogP contribution < -0.4 is 0 Å². The number of fused-ring (bicyclic) bond motifs is 5. The number of carbonyl (C=O) groups is 3. The highest BCUT2D eigenvalue weighted by Crippen LogP contribution is 2.70. The molecule has 5 rings (SSSR count). The van der Waals surface area contributed by atoms with Crippen LogP contribution in [0.1, 0.15) is 78.6 Å². The Hall–Kier alpha value is -1.93. The Balaban J connectivity index is 1.48. The van der Waals surface area contributed by atoms with E-state index < -0.39 is 16.6 Å². The van der Waals surface area contributed by atoms with Crippen LogP contribution in [-0.4, -0.2) is 58.6 Å². The standard InChI is InChI=1S/C27H38O8/c1-16(28)34-15-25-9-4-19(35-17(2)29)13-26(25,31)10-6-22-21(25)5-8-24(3)20(7-11-27(22,24)32)18-12-23(30)33-14-18/h12,19-22,31-32H,4-11,13-15H2,1-3H3/t19?,20-,21+,22-,24-,25+,26?,27+/m1/s1. The van der Waals surface area contributed by atoms with Gasteiger partial charge in [-0.1, -0.05) is 6.92 Å². The molecule has 0 spiro atoms. The van der Waals surface area contributed by atoms with Gasteiger partial charge in [-0.3, -0.25) is 9.59 Å². The third-order valence-electron chi connectivity index (χ3n) is 10.6. The van der Waals surface area contributed by atoms with Crippen molar-refractivity contribution in [3.8, 4) is 0 Å². The van der Waals surface area contributed by atoms with E-state index in [0.717, 1.165) is 24.8 Å². The van der Waals surface area contributed by atoms with Gasteiger partial charge in [-0.15, -0.1) is 0 Å². The van der Waals surface area contributed by atoms with E-state index in [2.05, 4.69) is 6.92 Å². The molecule has 0 saturated heterocycles. The average Bonchev–Trinajstić information content (AvgIpc) is 3.31. The minimum Gasteiger partial charge on any atom is -0.465 e. The summed E-state index contributed by atoms with van der Waals surface area (Å²) in [6, 6.07) is 0. The molecule has 8 atom stereocenters. The molecule has 1 aliphatic heterocycles. The van der Waals surface area contributed by atoms with Gasteiger partial charge >= 0.3 is 17.9 Å². The van der Waals surface area contributed by atoms with Gasteiger partial charge in [0.2, 0.25) is 0 Å². The number of rotatable bonds is 4. The summed E-state index contributed by atoms with van der Waals surface area (Å²) in [7, 11) is 0. The van der Waals surface area contributed by atoms with Gasteiger partial charge in [-0.2, -0.15) is 0 Å². The van der Waals surface area contributed by atoms with Gasteiger partial charge in [-0.05, 0) is 74.7 Å². The molecular weight excluding hydrogens is 452 g/mol. The maximum atomic E-state index is 12.4. The zero-order chi connectivity index (χ0) is 25.2. The lowest BCUT2D eigenvalue weighted by molar-refractivity contribution is -0.271. The molecule has 194 valence electrons. The van der Waals surface area contributed by atoms with Crippen LogP contribution in [0, 0.1) is 28.6 Å². The predicted octanol–water partition coefficient (Wildman–Crippen LogP) is 2.83. The van der Waals surface area contributed by atoms with Crippen LogP contribution in [0.5, 0.6) is 0 Å². The van der Waals surface area contributed by atoms with Crippen LogP contribution in [0.2, 0.25) is 0 Å². The first kappa shape index (κ1) is 24.8. The van der Waals surface area contributed by atoms with E-state index in [-0.39, 0.29) is 53.8 Å². The van der Waals surface area contributed by atoms with Gasteiger partial charge in [0.1, 0.15) is 12.7 Å². The van der Waals surface area contributed by atoms with Crippen molar-refractivity contribution in [1.82, 2.24) is 0 Å². The largest absolute Gasteiger partial charge is 0.465 e. The fourth-order valence-corrected chi connectivity index (χ4v) is 9.03. The summed E-state index contributed by atoms with van der Waals surface area (Å²) in [6.07, 6.45) is 6.83. The maximum absolute atomic E-state index is 12.4. The lowest BCUT2D eigenvalue weighted by Gasteiger charge is -2.66. The van der Waals surface area contributed by atoms with E-state index >= 15 is 0 Å². The normalized spacial score (nSPS) is 46.5.